The van der Waals surface area contributed by atoms with Gasteiger partial charge in [-0.15, -0.1) is 0 Å². The van der Waals surface area contributed by atoms with Gasteiger partial charge in [0.25, 0.3) is 10.0 Å². The van der Waals surface area contributed by atoms with E-state index in [1.807, 2.05) is 0 Å². The predicted molar refractivity (Wildman–Crippen MR) is 57.0 cm³/mol. The monoisotopic (exact) mass is 232 g/mol. The second-order valence-corrected chi connectivity index (χ2v) is 4.85. The molecule has 1 heterocycles. The molecule has 0 radical (unpaired) electrons. The number of aromatic amines is 1. The molecule has 1 aromatic heterocycles. The van der Waals surface area contributed by atoms with Crippen LogP contribution < -0.4 is 10.0 Å². The molecule has 6 nitrogen and oxygen atoms in total. The van der Waals surface area contributed by atoms with Crippen molar-refractivity contribution in [3.63, 3.8) is 0 Å². The lowest BCUT2D eigenvalue weighted by Gasteiger charge is -2.04. The summed E-state index contributed by atoms with van der Waals surface area (Å²) in [6.45, 7) is 4.36. The molecule has 0 saturated heterocycles. The van der Waals surface area contributed by atoms with E-state index in [0.29, 0.717) is 18.7 Å². The van der Waals surface area contributed by atoms with Crippen molar-refractivity contribution in [3.05, 3.63) is 11.3 Å². The van der Waals surface area contributed by atoms with Crippen molar-refractivity contribution < 1.29 is 8.42 Å². The van der Waals surface area contributed by atoms with E-state index in [-0.39, 0.29) is 5.03 Å². The molecule has 0 unspecified atom stereocenters. The highest BCUT2D eigenvalue weighted by Gasteiger charge is 2.22. The van der Waals surface area contributed by atoms with Crippen molar-refractivity contribution in [2.75, 3.05) is 13.6 Å². The van der Waals surface area contributed by atoms with E-state index in [4.69, 9.17) is 0 Å². The van der Waals surface area contributed by atoms with E-state index >= 15 is 0 Å². The van der Waals surface area contributed by atoms with Crippen molar-refractivity contribution in [2.45, 2.75) is 25.4 Å². The quantitative estimate of drug-likeness (QED) is 0.652. The number of nitrogens with one attached hydrogen (secondary N) is 3. The minimum Gasteiger partial charge on any atom is -0.316 e. The number of aromatic nitrogens is 2. The molecule has 3 N–H and O–H groups in total. The Morgan fingerprint density at radius 1 is 1.47 bits per heavy atom. The molecular formula is C8H16N4O2S. The first-order valence-electron chi connectivity index (χ1n) is 4.71. The molecule has 15 heavy (non-hydrogen) atoms. The Hall–Kier alpha value is -0.920. The summed E-state index contributed by atoms with van der Waals surface area (Å²) < 4.78 is 25.9. The molecule has 0 aliphatic heterocycles. The highest BCUT2D eigenvalue weighted by molar-refractivity contribution is 7.89. The van der Waals surface area contributed by atoms with Crippen LogP contribution in [0.25, 0.3) is 0 Å². The first kappa shape index (κ1) is 12.2. The van der Waals surface area contributed by atoms with Crippen LogP contribution in [0.1, 0.15) is 18.2 Å². The van der Waals surface area contributed by atoms with Gasteiger partial charge >= 0.3 is 0 Å². The molecule has 0 fully saturated rings. The predicted octanol–water partition coefficient (Wildman–Crippen LogP) is -0.264. The van der Waals surface area contributed by atoms with Crippen LogP contribution in [0.15, 0.2) is 5.03 Å². The Bertz CT molecular complexity index is 424. The van der Waals surface area contributed by atoms with E-state index in [1.165, 1.54) is 0 Å². The Morgan fingerprint density at radius 2 is 2.13 bits per heavy atom. The van der Waals surface area contributed by atoms with Crippen LogP contribution >= 0.6 is 0 Å². The van der Waals surface area contributed by atoms with Crippen LogP contribution in [0.4, 0.5) is 0 Å². The fraction of sp³-hybridized carbons (Fsp3) is 0.625. The average Bonchev–Trinajstić information content (AvgIpc) is 2.49. The minimum absolute atomic E-state index is 0.0798. The van der Waals surface area contributed by atoms with Gasteiger partial charge in [-0.3, -0.25) is 5.10 Å². The lowest BCUT2D eigenvalue weighted by atomic mass is 10.3. The number of aryl methyl sites for hydroxylation is 1. The topological polar surface area (TPSA) is 86.9 Å². The lowest BCUT2D eigenvalue weighted by molar-refractivity contribution is 0.577. The number of nitrogens with zero attached hydrogens (tertiary/aromatic N) is 1. The van der Waals surface area contributed by atoms with Crippen LogP contribution in [0.5, 0.6) is 0 Å². The molecule has 0 aliphatic carbocycles. The van der Waals surface area contributed by atoms with Crippen LogP contribution in [-0.2, 0) is 16.6 Å². The van der Waals surface area contributed by atoms with Gasteiger partial charge in [0.15, 0.2) is 5.03 Å². The SMILES string of the molecule is CCNS(=O)(=O)c1n[nH]c(C)c1CNC. The maximum atomic E-state index is 11.7. The maximum absolute atomic E-state index is 11.7. The molecule has 0 atom stereocenters. The Kier molecular flexibility index (Phi) is 3.83. The molecule has 1 aromatic rings. The normalized spacial score (nSPS) is 11.9. The van der Waals surface area contributed by atoms with Crippen LogP contribution in [0.2, 0.25) is 0 Å². The molecule has 0 saturated carbocycles. The zero-order valence-corrected chi connectivity index (χ0v) is 9.90. The van der Waals surface area contributed by atoms with E-state index in [9.17, 15) is 8.42 Å². The molecule has 0 aromatic carbocycles. The van der Waals surface area contributed by atoms with Crippen LogP contribution in [-0.4, -0.2) is 32.2 Å². The molecule has 1 rings (SSSR count). The van der Waals surface area contributed by atoms with Crippen molar-refractivity contribution in [2.24, 2.45) is 0 Å². The summed E-state index contributed by atoms with van der Waals surface area (Å²) in [5.74, 6) is 0. The average molecular weight is 232 g/mol. The highest BCUT2D eigenvalue weighted by Crippen LogP contribution is 2.15. The summed E-state index contributed by atoms with van der Waals surface area (Å²) in [7, 11) is -1.71. The molecule has 0 spiro atoms. The number of hydrogen-bond donors (Lipinski definition) is 3. The number of hydrogen-bond acceptors (Lipinski definition) is 4. The third kappa shape index (κ3) is 2.55. The van der Waals surface area contributed by atoms with Crippen LogP contribution in [0, 0.1) is 6.92 Å². The molecule has 7 heteroatoms. The first-order chi connectivity index (χ1) is 7.03. The number of sulfonamides is 1. The van der Waals surface area contributed by atoms with Gasteiger partial charge in [-0.05, 0) is 14.0 Å². The van der Waals surface area contributed by atoms with E-state index in [0.717, 1.165) is 5.69 Å². The standard InChI is InChI=1S/C8H16N4O2S/c1-4-10-15(13,14)8-7(5-9-3)6(2)11-12-8/h9-10H,4-5H2,1-3H3,(H,11,12). The second-order valence-electron chi connectivity index (χ2n) is 3.16. The van der Waals surface area contributed by atoms with Crippen molar-refractivity contribution in [1.29, 1.82) is 0 Å². The summed E-state index contributed by atoms with van der Waals surface area (Å²) in [5, 5.41) is 9.48. The second kappa shape index (κ2) is 4.73. The van der Waals surface area contributed by atoms with E-state index in [2.05, 4.69) is 20.2 Å². The molecular weight excluding hydrogens is 216 g/mol. The molecule has 86 valence electrons. The number of H-pyrrole nitrogens is 1. The molecule has 0 bridgehead atoms. The Morgan fingerprint density at radius 3 is 2.67 bits per heavy atom. The summed E-state index contributed by atoms with van der Waals surface area (Å²) in [6.07, 6.45) is 0. The summed E-state index contributed by atoms with van der Waals surface area (Å²) in [5.41, 5.74) is 1.44. The Labute approximate surface area is 89.5 Å². The van der Waals surface area contributed by atoms with Crippen molar-refractivity contribution in [1.82, 2.24) is 20.2 Å². The largest absolute Gasteiger partial charge is 0.316 e. The molecule has 0 aliphatic rings. The third-order valence-electron chi connectivity index (χ3n) is 1.98. The van der Waals surface area contributed by atoms with Gasteiger partial charge in [-0.25, -0.2) is 13.1 Å². The van der Waals surface area contributed by atoms with Gasteiger partial charge in [-0.1, -0.05) is 6.92 Å². The fourth-order valence-corrected chi connectivity index (χ4v) is 2.53. The molecule has 0 amide bonds. The Balaban J connectivity index is 3.14. The zero-order chi connectivity index (χ0) is 11.5. The zero-order valence-electron chi connectivity index (χ0n) is 9.09. The smallest absolute Gasteiger partial charge is 0.260 e. The highest BCUT2D eigenvalue weighted by atomic mass is 32.2. The van der Waals surface area contributed by atoms with Crippen molar-refractivity contribution >= 4 is 10.0 Å². The van der Waals surface area contributed by atoms with Crippen LogP contribution in [0.3, 0.4) is 0 Å². The van der Waals surface area contributed by atoms with Gasteiger partial charge < -0.3 is 5.32 Å². The van der Waals surface area contributed by atoms with Gasteiger partial charge in [0, 0.05) is 24.3 Å². The first-order valence-corrected chi connectivity index (χ1v) is 6.19. The fourth-order valence-electron chi connectivity index (χ4n) is 1.30. The van der Waals surface area contributed by atoms with Gasteiger partial charge in [0.05, 0.1) is 0 Å². The lowest BCUT2D eigenvalue weighted by Crippen LogP contribution is -2.25. The van der Waals surface area contributed by atoms with E-state index < -0.39 is 10.0 Å². The van der Waals surface area contributed by atoms with Gasteiger partial charge in [-0.2, -0.15) is 5.10 Å². The minimum atomic E-state index is -3.47. The summed E-state index contributed by atoms with van der Waals surface area (Å²) in [6, 6.07) is 0. The van der Waals surface area contributed by atoms with E-state index in [1.54, 1.807) is 20.9 Å². The third-order valence-corrected chi connectivity index (χ3v) is 3.49. The summed E-state index contributed by atoms with van der Waals surface area (Å²) >= 11 is 0. The maximum Gasteiger partial charge on any atom is 0.260 e. The summed E-state index contributed by atoms with van der Waals surface area (Å²) in [4.78, 5) is 0. The number of rotatable bonds is 5. The van der Waals surface area contributed by atoms with Gasteiger partial charge in [0.2, 0.25) is 0 Å². The van der Waals surface area contributed by atoms with Crippen molar-refractivity contribution in [3.8, 4) is 0 Å². The van der Waals surface area contributed by atoms with Gasteiger partial charge in [0.1, 0.15) is 0 Å².